The predicted octanol–water partition coefficient (Wildman–Crippen LogP) is 2.14. The van der Waals surface area contributed by atoms with Crippen molar-refractivity contribution in [3.05, 3.63) is 47.7 Å². The molecule has 4 nitrogen and oxygen atoms in total. The zero-order valence-electron chi connectivity index (χ0n) is 10.5. The number of aromatic amines is 1. The van der Waals surface area contributed by atoms with Crippen molar-refractivity contribution < 1.29 is 14.8 Å². The molecule has 0 fully saturated rings. The van der Waals surface area contributed by atoms with Gasteiger partial charge in [0.1, 0.15) is 6.54 Å². The second-order valence-corrected chi connectivity index (χ2v) is 4.10. The third kappa shape index (κ3) is 2.71. The number of pyridine rings is 1. The number of aromatic hydroxyl groups is 1. The molecule has 3 N–H and O–H groups in total. The van der Waals surface area contributed by atoms with Gasteiger partial charge < -0.3 is 9.84 Å². The van der Waals surface area contributed by atoms with E-state index in [0.29, 0.717) is 12.3 Å². The van der Waals surface area contributed by atoms with Crippen LogP contribution in [-0.2, 0) is 6.54 Å². The summed E-state index contributed by atoms with van der Waals surface area (Å²) in [7, 11) is 1.54. The van der Waals surface area contributed by atoms with Crippen LogP contribution in [0.5, 0.6) is 11.5 Å². The molecule has 0 atom stereocenters. The van der Waals surface area contributed by atoms with E-state index >= 15 is 0 Å². The van der Waals surface area contributed by atoms with Gasteiger partial charge in [-0.1, -0.05) is 12.1 Å². The first-order chi connectivity index (χ1) is 8.70. The summed E-state index contributed by atoms with van der Waals surface area (Å²) in [6.07, 6.45) is 1.92. The predicted molar refractivity (Wildman–Crippen MR) is 69.7 cm³/mol. The van der Waals surface area contributed by atoms with Gasteiger partial charge in [-0.3, -0.25) is 5.32 Å². The normalized spacial score (nSPS) is 10.1. The van der Waals surface area contributed by atoms with Crippen LogP contribution in [-0.4, -0.2) is 12.2 Å². The molecule has 0 saturated carbocycles. The molecule has 4 heteroatoms. The highest BCUT2D eigenvalue weighted by Crippen LogP contribution is 2.29. The number of rotatable bonds is 4. The van der Waals surface area contributed by atoms with E-state index in [0.717, 1.165) is 11.4 Å². The molecular weight excluding hydrogens is 228 g/mol. The lowest BCUT2D eigenvalue weighted by Gasteiger charge is -2.07. The van der Waals surface area contributed by atoms with Crippen LogP contribution in [0.3, 0.4) is 0 Å². The van der Waals surface area contributed by atoms with E-state index < -0.39 is 0 Å². The van der Waals surface area contributed by atoms with Crippen LogP contribution in [0.15, 0.2) is 36.5 Å². The van der Waals surface area contributed by atoms with Gasteiger partial charge in [0.05, 0.1) is 13.3 Å². The van der Waals surface area contributed by atoms with E-state index in [1.807, 2.05) is 37.4 Å². The summed E-state index contributed by atoms with van der Waals surface area (Å²) in [5.74, 6) is 1.57. The summed E-state index contributed by atoms with van der Waals surface area (Å²) in [5.41, 5.74) is 1.97. The molecule has 0 bridgehead atoms. The first-order valence-electron chi connectivity index (χ1n) is 5.78. The Labute approximate surface area is 106 Å². The third-order valence-electron chi connectivity index (χ3n) is 2.74. The maximum atomic E-state index is 9.94. The molecule has 1 aromatic carbocycles. The molecule has 0 spiro atoms. The van der Waals surface area contributed by atoms with Gasteiger partial charge >= 0.3 is 0 Å². The van der Waals surface area contributed by atoms with E-state index in [4.69, 9.17) is 4.74 Å². The Morgan fingerprint density at radius 2 is 2.11 bits per heavy atom. The van der Waals surface area contributed by atoms with E-state index in [-0.39, 0.29) is 5.75 Å². The van der Waals surface area contributed by atoms with Gasteiger partial charge in [0, 0.05) is 11.6 Å². The van der Waals surface area contributed by atoms with E-state index in [2.05, 4.69) is 10.3 Å². The van der Waals surface area contributed by atoms with Crippen molar-refractivity contribution in [2.45, 2.75) is 13.5 Å². The number of hydrogen-bond donors (Lipinski definition) is 2. The minimum Gasteiger partial charge on any atom is -0.504 e. The Balaban J connectivity index is 2.08. The van der Waals surface area contributed by atoms with Crippen molar-refractivity contribution in [1.29, 1.82) is 0 Å². The van der Waals surface area contributed by atoms with Crippen LogP contribution in [0.1, 0.15) is 11.1 Å². The van der Waals surface area contributed by atoms with Crippen molar-refractivity contribution in [1.82, 2.24) is 0 Å². The summed E-state index contributed by atoms with van der Waals surface area (Å²) in [4.78, 5) is 3.13. The number of nitrogens with one attached hydrogen (secondary N) is 2. The summed E-state index contributed by atoms with van der Waals surface area (Å²) < 4.78 is 5.07. The molecule has 1 aromatic heterocycles. The van der Waals surface area contributed by atoms with Crippen LogP contribution in [0.2, 0.25) is 0 Å². The van der Waals surface area contributed by atoms with Crippen molar-refractivity contribution >= 4 is 5.82 Å². The van der Waals surface area contributed by atoms with Crippen molar-refractivity contribution in [2.24, 2.45) is 0 Å². The van der Waals surface area contributed by atoms with Gasteiger partial charge in [-0.2, -0.15) is 0 Å². The average Bonchev–Trinajstić information content (AvgIpc) is 2.39. The highest BCUT2D eigenvalue weighted by Gasteiger charge is 2.09. The van der Waals surface area contributed by atoms with Crippen LogP contribution in [0, 0.1) is 6.92 Å². The fourth-order valence-electron chi connectivity index (χ4n) is 1.68. The minimum atomic E-state index is 0.180. The SMILES string of the molecule is COc1cccc(CNc2ccc(C)c[nH+]2)c1O. The van der Waals surface area contributed by atoms with Gasteiger partial charge in [-0.05, 0) is 24.6 Å². The zero-order chi connectivity index (χ0) is 13.0. The van der Waals surface area contributed by atoms with Gasteiger partial charge in [0.2, 0.25) is 0 Å². The first kappa shape index (κ1) is 12.2. The minimum absolute atomic E-state index is 0.180. The standard InChI is InChI=1S/C14H16N2O2/c1-10-6-7-13(15-8-10)16-9-11-4-3-5-12(18-2)14(11)17/h3-8,17H,9H2,1-2H3,(H,15,16)/p+1. The van der Waals surface area contributed by atoms with Crippen molar-refractivity contribution in [3.63, 3.8) is 0 Å². The Bertz CT molecular complexity index is 524. The van der Waals surface area contributed by atoms with E-state index in [1.54, 1.807) is 13.2 Å². The van der Waals surface area contributed by atoms with Crippen LogP contribution >= 0.6 is 0 Å². The molecule has 2 rings (SSSR count). The maximum Gasteiger partial charge on any atom is 0.272 e. The molecule has 0 radical (unpaired) electrons. The van der Waals surface area contributed by atoms with Crippen molar-refractivity contribution in [3.8, 4) is 11.5 Å². The fraction of sp³-hybridized carbons (Fsp3) is 0.214. The Kier molecular flexibility index (Phi) is 3.67. The van der Waals surface area contributed by atoms with Crippen molar-refractivity contribution in [2.75, 3.05) is 12.4 Å². The number of phenolic OH excluding ortho intramolecular Hbond substituents is 1. The zero-order valence-corrected chi connectivity index (χ0v) is 10.5. The second kappa shape index (κ2) is 5.40. The number of aromatic nitrogens is 1. The Morgan fingerprint density at radius 3 is 2.78 bits per heavy atom. The second-order valence-electron chi connectivity index (χ2n) is 4.10. The summed E-state index contributed by atoms with van der Waals surface area (Å²) in [5, 5.41) is 13.1. The molecule has 0 aliphatic carbocycles. The third-order valence-corrected chi connectivity index (χ3v) is 2.74. The molecule has 0 saturated heterocycles. The Hall–Kier alpha value is -2.23. The number of ether oxygens (including phenoxy) is 1. The molecule has 0 amide bonds. The quantitative estimate of drug-likeness (QED) is 0.867. The van der Waals surface area contributed by atoms with Crippen LogP contribution in [0.4, 0.5) is 5.82 Å². The molecule has 94 valence electrons. The molecule has 18 heavy (non-hydrogen) atoms. The number of methoxy groups -OCH3 is 1. The van der Waals surface area contributed by atoms with Gasteiger partial charge in [-0.25, -0.2) is 4.98 Å². The fourth-order valence-corrected chi connectivity index (χ4v) is 1.68. The van der Waals surface area contributed by atoms with E-state index in [9.17, 15) is 5.11 Å². The van der Waals surface area contributed by atoms with E-state index in [1.165, 1.54) is 5.56 Å². The highest BCUT2D eigenvalue weighted by molar-refractivity contribution is 5.46. The molecule has 0 aliphatic rings. The van der Waals surface area contributed by atoms with Crippen LogP contribution in [0.25, 0.3) is 0 Å². The van der Waals surface area contributed by atoms with Gasteiger partial charge in [0.25, 0.3) is 5.82 Å². The number of H-pyrrole nitrogens is 1. The molecular formula is C14H17N2O2+. The van der Waals surface area contributed by atoms with Gasteiger partial charge in [0.15, 0.2) is 11.5 Å². The summed E-state index contributed by atoms with van der Waals surface area (Å²) in [6.45, 7) is 2.55. The molecule has 2 aromatic rings. The number of phenols is 1. The number of anilines is 1. The number of para-hydroxylation sites is 1. The number of benzene rings is 1. The monoisotopic (exact) mass is 245 g/mol. The number of hydrogen-bond acceptors (Lipinski definition) is 3. The molecule has 1 heterocycles. The summed E-state index contributed by atoms with van der Waals surface area (Å²) >= 11 is 0. The van der Waals surface area contributed by atoms with Crippen LogP contribution < -0.4 is 15.0 Å². The first-order valence-corrected chi connectivity index (χ1v) is 5.78. The Morgan fingerprint density at radius 1 is 1.28 bits per heavy atom. The smallest absolute Gasteiger partial charge is 0.272 e. The molecule has 0 aliphatic heterocycles. The van der Waals surface area contributed by atoms with Gasteiger partial charge in [-0.15, -0.1) is 0 Å². The average molecular weight is 245 g/mol. The maximum absolute atomic E-state index is 9.94. The number of aryl methyl sites for hydroxylation is 1. The lowest BCUT2D eigenvalue weighted by molar-refractivity contribution is -0.361. The lowest BCUT2D eigenvalue weighted by Crippen LogP contribution is -2.12. The summed E-state index contributed by atoms with van der Waals surface area (Å²) in [6, 6.07) is 9.43. The topological polar surface area (TPSA) is 55.6 Å². The largest absolute Gasteiger partial charge is 0.504 e. The molecule has 0 unspecified atom stereocenters. The highest BCUT2D eigenvalue weighted by atomic mass is 16.5. The lowest BCUT2D eigenvalue weighted by atomic mass is 10.2.